The summed E-state index contributed by atoms with van der Waals surface area (Å²) in [6.45, 7) is 13.5. The SMILES string of the molecule is CCCOCCOCCOCCOCCOCCOCC(OCC(C)SC(C)=O)SC(C)=O. The lowest BCUT2D eigenvalue weighted by Gasteiger charge is -2.18. The van der Waals surface area contributed by atoms with Crippen molar-refractivity contribution in [1.82, 2.24) is 0 Å². The smallest absolute Gasteiger partial charge is 0.188 e. The largest absolute Gasteiger partial charge is 0.379 e. The molecular formula is C22H42O9S2. The molecule has 0 bridgehead atoms. The van der Waals surface area contributed by atoms with Crippen LogP contribution in [0.2, 0.25) is 0 Å². The maximum atomic E-state index is 11.4. The summed E-state index contributed by atoms with van der Waals surface area (Å²) >= 11 is 2.30. The van der Waals surface area contributed by atoms with Gasteiger partial charge in [-0.1, -0.05) is 37.4 Å². The van der Waals surface area contributed by atoms with Crippen LogP contribution in [0.1, 0.15) is 34.1 Å². The minimum Gasteiger partial charge on any atom is -0.379 e. The molecule has 9 nitrogen and oxygen atoms in total. The van der Waals surface area contributed by atoms with E-state index >= 15 is 0 Å². The topological polar surface area (TPSA) is 98.8 Å². The van der Waals surface area contributed by atoms with E-state index in [4.69, 9.17) is 33.2 Å². The summed E-state index contributed by atoms with van der Waals surface area (Å²) in [5, 5.41) is 0.0215. The van der Waals surface area contributed by atoms with Crippen molar-refractivity contribution in [1.29, 1.82) is 0 Å². The van der Waals surface area contributed by atoms with E-state index in [1.165, 1.54) is 25.6 Å². The molecule has 2 unspecified atom stereocenters. The van der Waals surface area contributed by atoms with Crippen LogP contribution in [0.4, 0.5) is 0 Å². The van der Waals surface area contributed by atoms with E-state index in [1.54, 1.807) is 0 Å². The van der Waals surface area contributed by atoms with E-state index in [0.717, 1.165) is 24.8 Å². The Labute approximate surface area is 207 Å². The molecule has 0 radical (unpaired) electrons. The average molecular weight is 515 g/mol. The van der Waals surface area contributed by atoms with E-state index in [1.807, 2.05) is 6.92 Å². The number of ether oxygens (including phenoxy) is 7. The van der Waals surface area contributed by atoms with Gasteiger partial charge in [-0.25, -0.2) is 0 Å². The van der Waals surface area contributed by atoms with Gasteiger partial charge in [0.15, 0.2) is 10.2 Å². The first-order valence-corrected chi connectivity index (χ1v) is 13.1. The Kier molecular flexibility index (Phi) is 24.7. The summed E-state index contributed by atoms with van der Waals surface area (Å²) < 4.78 is 38.3. The van der Waals surface area contributed by atoms with Crippen molar-refractivity contribution in [3.8, 4) is 0 Å². The van der Waals surface area contributed by atoms with Crippen molar-refractivity contribution in [2.75, 3.05) is 85.9 Å². The Morgan fingerprint density at radius 1 is 0.606 bits per heavy atom. The molecule has 0 rings (SSSR count). The van der Waals surface area contributed by atoms with E-state index in [-0.39, 0.29) is 22.1 Å². The van der Waals surface area contributed by atoms with Crippen molar-refractivity contribution in [3.05, 3.63) is 0 Å². The summed E-state index contributed by atoms with van der Waals surface area (Å²) in [4.78, 5) is 22.5. The summed E-state index contributed by atoms with van der Waals surface area (Å²) in [7, 11) is 0. The van der Waals surface area contributed by atoms with Crippen molar-refractivity contribution >= 4 is 33.8 Å². The van der Waals surface area contributed by atoms with Gasteiger partial charge in [0.2, 0.25) is 0 Å². The van der Waals surface area contributed by atoms with Gasteiger partial charge in [0.25, 0.3) is 0 Å². The van der Waals surface area contributed by atoms with Crippen LogP contribution in [0, 0.1) is 0 Å². The first-order valence-electron chi connectivity index (χ1n) is 11.4. The molecule has 0 saturated carbocycles. The molecule has 196 valence electrons. The van der Waals surface area contributed by atoms with Crippen molar-refractivity contribution < 1.29 is 42.7 Å². The van der Waals surface area contributed by atoms with Crippen molar-refractivity contribution in [2.45, 2.75) is 44.8 Å². The predicted octanol–water partition coefficient (Wildman–Crippen LogP) is 2.79. The molecule has 0 aromatic heterocycles. The van der Waals surface area contributed by atoms with Gasteiger partial charge in [-0.2, -0.15) is 0 Å². The molecule has 0 aliphatic heterocycles. The first kappa shape index (κ1) is 32.8. The van der Waals surface area contributed by atoms with Crippen LogP contribution in [0.25, 0.3) is 0 Å². The summed E-state index contributed by atoms with van der Waals surface area (Å²) in [6, 6.07) is 0. The molecule has 2 atom stereocenters. The van der Waals surface area contributed by atoms with Crippen LogP contribution < -0.4 is 0 Å². The highest BCUT2D eigenvalue weighted by Crippen LogP contribution is 2.18. The number of carbonyl (C=O) groups excluding carboxylic acids is 2. The lowest BCUT2D eigenvalue weighted by Crippen LogP contribution is -2.23. The Bertz CT molecular complexity index is 469. The van der Waals surface area contributed by atoms with Crippen LogP contribution in [-0.4, -0.2) is 107 Å². The summed E-state index contributed by atoms with van der Waals surface area (Å²) in [5.41, 5.74) is -0.402. The third kappa shape index (κ3) is 26.2. The molecule has 0 aliphatic rings. The third-order valence-electron chi connectivity index (χ3n) is 3.64. The van der Waals surface area contributed by atoms with E-state index in [2.05, 4.69) is 6.92 Å². The summed E-state index contributed by atoms with van der Waals surface area (Å²) in [6.07, 6.45) is 1.02. The lowest BCUT2D eigenvalue weighted by molar-refractivity contribution is -0.110. The number of hydrogen-bond donors (Lipinski definition) is 0. The molecule has 0 spiro atoms. The number of rotatable bonds is 24. The molecule has 0 aliphatic carbocycles. The number of hydrogen-bond acceptors (Lipinski definition) is 11. The average Bonchev–Trinajstić information content (AvgIpc) is 2.75. The molecule has 0 amide bonds. The molecule has 0 aromatic carbocycles. The minimum atomic E-state index is -0.402. The maximum absolute atomic E-state index is 11.4. The highest BCUT2D eigenvalue weighted by Gasteiger charge is 2.16. The van der Waals surface area contributed by atoms with Gasteiger partial charge < -0.3 is 33.2 Å². The first-order chi connectivity index (χ1) is 16.0. The Morgan fingerprint density at radius 2 is 1.00 bits per heavy atom. The van der Waals surface area contributed by atoms with Gasteiger partial charge >= 0.3 is 0 Å². The van der Waals surface area contributed by atoms with Gasteiger partial charge in [-0.15, -0.1) is 0 Å². The highest BCUT2D eigenvalue weighted by atomic mass is 32.2. The maximum Gasteiger partial charge on any atom is 0.188 e. The monoisotopic (exact) mass is 514 g/mol. The molecule has 11 heteroatoms. The molecule has 33 heavy (non-hydrogen) atoms. The second-order valence-electron chi connectivity index (χ2n) is 6.93. The molecule has 0 aromatic rings. The second-order valence-corrected chi connectivity index (χ2v) is 9.88. The zero-order valence-corrected chi connectivity index (χ0v) is 22.2. The zero-order valence-electron chi connectivity index (χ0n) is 20.5. The number of carbonyl (C=O) groups is 2. The quantitative estimate of drug-likeness (QED) is 0.140. The van der Waals surface area contributed by atoms with Gasteiger partial charge in [0.1, 0.15) is 5.44 Å². The Hall–Kier alpha value is -0.240. The molecular weight excluding hydrogens is 472 g/mol. The fourth-order valence-electron chi connectivity index (χ4n) is 2.28. The van der Waals surface area contributed by atoms with Gasteiger partial charge in [-0.05, 0) is 6.42 Å². The third-order valence-corrected chi connectivity index (χ3v) is 5.38. The highest BCUT2D eigenvalue weighted by molar-refractivity contribution is 8.14. The van der Waals surface area contributed by atoms with Crippen molar-refractivity contribution in [3.63, 3.8) is 0 Å². The normalized spacial score (nSPS) is 13.2. The van der Waals surface area contributed by atoms with Crippen molar-refractivity contribution in [2.24, 2.45) is 0 Å². The Balaban J connectivity index is 3.49. The fraction of sp³-hybridized carbons (Fsp3) is 0.909. The van der Waals surface area contributed by atoms with Gasteiger partial charge in [0.05, 0.1) is 79.3 Å². The molecule has 0 saturated heterocycles. The minimum absolute atomic E-state index is 0.0232. The lowest BCUT2D eigenvalue weighted by atomic mass is 10.5. The van der Waals surface area contributed by atoms with E-state index < -0.39 is 5.44 Å². The van der Waals surface area contributed by atoms with Gasteiger partial charge in [0, 0.05) is 25.7 Å². The van der Waals surface area contributed by atoms with Crippen LogP contribution in [0.3, 0.4) is 0 Å². The predicted molar refractivity (Wildman–Crippen MR) is 131 cm³/mol. The molecule has 0 N–H and O–H groups in total. The van der Waals surface area contributed by atoms with Gasteiger partial charge in [-0.3, -0.25) is 9.59 Å². The summed E-state index contributed by atoms with van der Waals surface area (Å²) in [5.74, 6) is 0. The zero-order chi connectivity index (χ0) is 24.6. The standard InChI is InChI=1S/C22H42O9S2/c1-5-6-25-7-8-26-9-10-27-11-12-28-13-14-29-15-16-30-18-22(33-21(4)24)31-17-19(2)32-20(3)23/h19,22H,5-18H2,1-4H3. The Morgan fingerprint density at radius 3 is 1.39 bits per heavy atom. The second kappa shape index (κ2) is 24.9. The molecule has 0 heterocycles. The number of thioether (sulfide) groups is 2. The fourth-order valence-corrected chi connectivity index (χ4v) is 3.68. The van der Waals surface area contributed by atoms with Crippen LogP contribution >= 0.6 is 23.5 Å². The van der Waals surface area contributed by atoms with Crippen LogP contribution in [-0.2, 0) is 42.7 Å². The van der Waals surface area contributed by atoms with E-state index in [9.17, 15) is 9.59 Å². The van der Waals surface area contributed by atoms with E-state index in [0.29, 0.717) is 72.7 Å². The van der Waals surface area contributed by atoms with Crippen LogP contribution in [0.5, 0.6) is 0 Å². The van der Waals surface area contributed by atoms with Crippen LogP contribution in [0.15, 0.2) is 0 Å². The molecule has 0 fully saturated rings.